The lowest BCUT2D eigenvalue weighted by Gasteiger charge is -2.43. The summed E-state index contributed by atoms with van der Waals surface area (Å²) in [6.07, 6.45) is 14.5. The van der Waals surface area contributed by atoms with E-state index in [1.807, 2.05) is 6.07 Å². The van der Waals surface area contributed by atoms with Crippen LogP contribution in [-0.4, -0.2) is 16.8 Å². The first-order valence-corrected chi connectivity index (χ1v) is 10.1. The van der Waals surface area contributed by atoms with Crippen LogP contribution in [0.1, 0.15) is 63.5 Å². The smallest absolute Gasteiger partial charge is 0.116 e. The van der Waals surface area contributed by atoms with Gasteiger partial charge in [-0.25, -0.2) is 0 Å². The van der Waals surface area contributed by atoms with Crippen molar-refractivity contribution in [3.8, 4) is 5.75 Å². The summed E-state index contributed by atoms with van der Waals surface area (Å²) in [4.78, 5) is 0. The Balaban J connectivity index is 1.68. The van der Waals surface area contributed by atoms with Crippen molar-refractivity contribution in [3.63, 3.8) is 0 Å². The van der Waals surface area contributed by atoms with Gasteiger partial charge < -0.3 is 10.2 Å². The van der Waals surface area contributed by atoms with Crippen LogP contribution >= 0.6 is 0 Å². The standard InChI is InChI=1S/C23H34O2/c1-17-5-4-9-23(2,16-17)21-7-3-6-18(13-21)11-20-12-19(8-10-24)14-22(25)15-20/h4,9,12,14-15,17-18,21,24-25H,3,5-8,10-11,13,16H2,1-2H3/t17-,18+,21-,23-/m0/s1. The normalized spacial score (nSPS) is 32.7. The zero-order chi connectivity index (χ0) is 17.9. The molecule has 1 aromatic carbocycles. The zero-order valence-electron chi connectivity index (χ0n) is 15.9. The molecule has 2 aliphatic rings. The fourth-order valence-electron chi connectivity index (χ4n) is 5.32. The number of aliphatic hydroxyl groups excluding tert-OH is 1. The van der Waals surface area contributed by atoms with Gasteiger partial charge in [0, 0.05) is 6.61 Å². The fraction of sp³-hybridized carbons (Fsp3) is 0.652. The molecule has 1 aromatic rings. The van der Waals surface area contributed by atoms with Gasteiger partial charge in [-0.3, -0.25) is 0 Å². The topological polar surface area (TPSA) is 40.5 Å². The summed E-state index contributed by atoms with van der Waals surface area (Å²) in [6.45, 7) is 4.99. The summed E-state index contributed by atoms with van der Waals surface area (Å²) in [5, 5.41) is 19.1. The molecule has 2 N–H and O–H groups in total. The van der Waals surface area contributed by atoms with Gasteiger partial charge in [0.15, 0.2) is 0 Å². The fourth-order valence-corrected chi connectivity index (χ4v) is 5.32. The molecule has 2 heteroatoms. The molecular formula is C23H34O2. The summed E-state index contributed by atoms with van der Waals surface area (Å²) < 4.78 is 0. The Morgan fingerprint density at radius 1 is 1.16 bits per heavy atom. The number of allylic oxidation sites excluding steroid dienone is 2. The maximum atomic E-state index is 9.99. The number of benzene rings is 1. The predicted molar refractivity (Wildman–Crippen MR) is 104 cm³/mol. The van der Waals surface area contributed by atoms with Crippen molar-refractivity contribution >= 4 is 0 Å². The zero-order valence-corrected chi connectivity index (χ0v) is 15.9. The van der Waals surface area contributed by atoms with E-state index in [0.29, 0.717) is 23.5 Å². The van der Waals surface area contributed by atoms with Crippen molar-refractivity contribution in [1.29, 1.82) is 0 Å². The van der Waals surface area contributed by atoms with Crippen molar-refractivity contribution in [2.75, 3.05) is 6.61 Å². The lowest BCUT2D eigenvalue weighted by atomic mass is 9.61. The molecule has 0 saturated heterocycles. The lowest BCUT2D eigenvalue weighted by Crippen LogP contribution is -2.33. The van der Waals surface area contributed by atoms with E-state index in [2.05, 4.69) is 32.1 Å². The van der Waals surface area contributed by atoms with Crippen LogP contribution in [0.3, 0.4) is 0 Å². The Bertz CT molecular complexity index is 606. The van der Waals surface area contributed by atoms with Crippen LogP contribution in [0, 0.1) is 23.2 Å². The number of aliphatic hydroxyl groups is 1. The maximum absolute atomic E-state index is 9.99. The Hall–Kier alpha value is -1.28. The molecule has 0 aliphatic heterocycles. The van der Waals surface area contributed by atoms with Gasteiger partial charge in [-0.15, -0.1) is 0 Å². The maximum Gasteiger partial charge on any atom is 0.116 e. The lowest BCUT2D eigenvalue weighted by molar-refractivity contribution is 0.119. The molecule has 2 nitrogen and oxygen atoms in total. The van der Waals surface area contributed by atoms with Crippen molar-refractivity contribution in [1.82, 2.24) is 0 Å². The van der Waals surface area contributed by atoms with Gasteiger partial charge in [0.2, 0.25) is 0 Å². The third-order valence-corrected chi connectivity index (χ3v) is 6.50. The third kappa shape index (κ3) is 4.67. The van der Waals surface area contributed by atoms with Crippen LogP contribution in [0.2, 0.25) is 0 Å². The number of hydrogen-bond donors (Lipinski definition) is 2. The predicted octanol–water partition coefficient (Wildman–Crippen LogP) is 5.27. The number of hydrogen-bond acceptors (Lipinski definition) is 2. The van der Waals surface area contributed by atoms with Gasteiger partial charge in [-0.05, 0) is 85.0 Å². The molecule has 2 aliphatic carbocycles. The van der Waals surface area contributed by atoms with Crippen LogP contribution in [-0.2, 0) is 12.8 Å². The molecule has 0 aromatic heterocycles. The van der Waals surface area contributed by atoms with Crippen molar-refractivity contribution in [3.05, 3.63) is 41.5 Å². The first kappa shape index (κ1) is 18.5. The number of aromatic hydroxyl groups is 1. The second kappa shape index (κ2) is 7.95. The molecule has 138 valence electrons. The van der Waals surface area contributed by atoms with Crippen molar-refractivity contribution in [2.24, 2.45) is 23.2 Å². The molecule has 0 heterocycles. The minimum Gasteiger partial charge on any atom is -0.508 e. The van der Waals surface area contributed by atoms with Crippen molar-refractivity contribution in [2.45, 2.75) is 65.2 Å². The molecule has 0 radical (unpaired) electrons. The average Bonchev–Trinajstić information content (AvgIpc) is 2.54. The Morgan fingerprint density at radius 3 is 2.72 bits per heavy atom. The number of phenolic OH excluding ortho intramolecular Hbond substituents is 1. The highest BCUT2D eigenvalue weighted by molar-refractivity contribution is 5.34. The summed E-state index contributed by atoms with van der Waals surface area (Å²) in [5.41, 5.74) is 2.64. The van der Waals surface area contributed by atoms with Gasteiger partial charge in [-0.2, -0.15) is 0 Å². The Morgan fingerprint density at radius 2 is 1.96 bits per heavy atom. The highest BCUT2D eigenvalue weighted by Crippen LogP contribution is 2.48. The van der Waals surface area contributed by atoms with E-state index in [9.17, 15) is 5.11 Å². The molecule has 1 fully saturated rings. The number of rotatable bonds is 5. The summed E-state index contributed by atoms with van der Waals surface area (Å²) in [5.74, 6) is 2.65. The van der Waals surface area contributed by atoms with E-state index in [1.54, 1.807) is 6.07 Å². The molecule has 3 rings (SSSR count). The van der Waals surface area contributed by atoms with Gasteiger partial charge in [0.25, 0.3) is 0 Å². The SMILES string of the molecule is C[C@H]1CC=C[C@](C)([C@H]2CCC[C@H](Cc3cc(O)cc(CCO)c3)C2)C1. The Kier molecular flexibility index (Phi) is 5.89. The van der Waals surface area contributed by atoms with Gasteiger partial charge in [0.05, 0.1) is 0 Å². The Labute approximate surface area is 153 Å². The summed E-state index contributed by atoms with van der Waals surface area (Å²) in [7, 11) is 0. The largest absolute Gasteiger partial charge is 0.508 e. The van der Waals surface area contributed by atoms with Gasteiger partial charge in [0.1, 0.15) is 5.75 Å². The average molecular weight is 343 g/mol. The number of phenols is 1. The summed E-state index contributed by atoms with van der Waals surface area (Å²) in [6, 6.07) is 5.86. The summed E-state index contributed by atoms with van der Waals surface area (Å²) >= 11 is 0. The van der Waals surface area contributed by atoms with E-state index in [4.69, 9.17) is 5.11 Å². The van der Waals surface area contributed by atoms with Crippen LogP contribution in [0.25, 0.3) is 0 Å². The first-order valence-electron chi connectivity index (χ1n) is 10.1. The molecule has 0 bridgehead atoms. The van der Waals surface area contributed by atoms with E-state index in [0.717, 1.165) is 23.8 Å². The minimum absolute atomic E-state index is 0.136. The van der Waals surface area contributed by atoms with Gasteiger partial charge in [-0.1, -0.05) is 44.9 Å². The van der Waals surface area contributed by atoms with E-state index in [-0.39, 0.29) is 6.61 Å². The van der Waals surface area contributed by atoms with Crippen molar-refractivity contribution < 1.29 is 10.2 Å². The minimum atomic E-state index is 0.136. The third-order valence-electron chi connectivity index (χ3n) is 6.50. The molecule has 1 saturated carbocycles. The molecule has 0 unspecified atom stereocenters. The highest BCUT2D eigenvalue weighted by atomic mass is 16.3. The second-order valence-corrected chi connectivity index (χ2v) is 8.87. The van der Waals surface area contributed by atoms with E-state index < -0.39 is 0 Å². The first-order chi connectivity index (χ1) is 12.0. The van der Waals surface area contributed by atoms with Crippen LogP contribution in [0.15, 0.2) is 30.4 Å². The highest BCUT2D eigenvalue weighted by Gasteiger charge is 2.37. The second-order valence-electron chi connectivity index (χ2n) is 8.87. The van der Waals surface area contributed by atoms with Crippen LogP contribution < -0.4 is 0 Å². The van der Waals surface area contributed by atoms with Gasteiger partial charge >= 0.3 is 0 Å². The molecule has 0 amide bonds. The van der Waals surface area contributed by atoms with Crippen LogP contribution in [0.5, 0.6) is 5.75 Å². The van der Waals surface area contributed by atoms with Crippen LogP contribution in [0.4, 0.5) is 0 Å². The molecule has 0 spiro atoms. The monoisotopic (exact) mass is 342 g/mol. The van der Waals surface area contributed by atoms with E-state index >= 15 is 0 Å². The quantitative estimate of drug-likeness (QED) is 0.716. The molecular weight excluding hydrogens is 308 g/mol. The molecule has 25 heavy (non-hydrogen) atoms. The molecule has 4 atom stereocenters. The van der Waals surface area contributed by atoms with E-state index in [1.165, 1.54) is 44.1 Å².